The Bertz CT molecular complexity index is 209. The van der Waals surface area contributed by atoms with Gasteiger partial charge in [-0.1, -0.05) is 0 Å². The second-order valence-corrected chi connectivity index (χ2v) is 2.02. The van der Waals surface area contributed by atoms with Crippen molar-refractivity contribution >= 4 is 16.4 Å². The molecule has 0 heterocycles. The SMILES string of the molecule is CC(=O)OS(=O)(=O)O.O.O.O.O.O.O.O.[Cl-].[H-].[H-].[K+].[Na+].[Na+]. The molecule has 0 saturated carbocycles. The summed E-state index contributed by atoms with van der Waals surface area (Å²) in [7, 11) is -4.57. The Morgan fingerprint density at radius 2 is 1.11 bits per heavy atom. The van der Waals surface area contributed by atoms with Crippen LogP contribution in [0.1, 0.15) is 9.78 Å². The maximum absolute atomic E-state index is 9.70. The molecule has 0 rings (SSSR count). The molecule has 0 unspecified atom stereocenters. The molecule has 0 radical (unpaired) electrons. The zero-order valence-electron chi connectivity index (χ0n) is 12.9. The summed E-state index contributed by atoms with van der Waals surface area (Å²) in [6.07, 6.45) is 0. The van der Waals surface area contributed by atoms with E-state index in [2.05, 4.69) is 4.18 Å². The Kier molecular flexibility index (Phi) is 253. The van der Waals surface area contributed by atoms with Gasteiger partial charge in [0.2, 0.25) is 0 Å². The van der Waals surface area contributed by atoms with Gasteiger partial charge in [0.25, 0.3) is 0 Å². The molecule has 0 aromatic carbocycles. The summed E-state index contributed by atoms with van der Waals surface area (Å²) in [6.45, 7) is 0.869. The largest absolute Gasteiger partial charge is 1.00 e. The number of hydrogen-bond donors (Lipinski definition) is 1. The first-order chi connectivity index (χ1) is 3.42. The molecule has 0 aliphatic heterocycles. The standard InChI is InChI=1S/C2H4O5S.ClH.K.2Na.7H2O.2H/c1-2(3)7-8(4,5)6;;;;;;;;;;;;;/h1H3,(H,4,5,6);1H;;;;7*1H2;;/q;;3*+1;;;;;;;;2*-1/p-1. The smallest absolute Gasteiger partial charge is 1.00 e. The molecule has 0 bridgehead atoms. The molecule has 0 aliphatic carbocycles. The number of halogens is 1. The van der Waals surface area contributed by atoms with E-state index in [4.69, 9.17) is 4.55 Å². The van der Waals surface area contributed by atoms with Gasteiger partial charge in [-0.15, -0.1) is 0 Å². The van der Waals surface area contributed by atoms with Crippen molar-refractivity contribution in [1.82, 2.24) is 0 Å². The van der Waals surface area contributed by atoms with E-state index in [9.17, 15) is 13.2 Å². The van der Waals surface area contributed by atoms with Crippen molar-refractivity contribution in [3.05, 3.63) is 0 Å². The maximum atomic E-state index is 9.70. The average molecular weight is 389 g/mol. The Hall–Kier alpha value is 3.03. The third-order valence-corrected chi connectivity index (χ3v) is 0.668. The Labute approximate surface area is 205 Å². The van der Waals surface area contributed by atoms with Gasteiger partial charge in [-0.2, -0.15) is 8.42 Å². The van der Waals surface area contributed by atoms with Crippen LogP contribution < -0.4 is 123 Å². The number of carbonyl (C=O) groups is 1. The van der Waals surface area contributed by atoms with Crippen LogP contribution in [-0.4, -0.2) is 57.3 Å². The fourth-order valence-electron chi connectivity index (χ4n) is 0.148. The summed E-state index contributed by atoms with van der Waals surface area (Å²) < 4.78 is 30.2. The number of carbonyl (C=O) groups excluding carboxylic acids is 1. The molecule has 12 nitrogen and oxygen atoms in total. The monoisotopic (exact) mass is 388 g/mol. The molecule has 0 saturated heterocycles. The fourth-order valence-corrected chi connectivity index (χ4v) is 0.445. The van der Waals surface area contributed by atoms with Crippen molar-refractivity contribution in [2.45, 2.75) is 6.92 Å². The Balaban J connectivity index is -0.00000000314. The van der Waals surface area contributed by atoms with E-state index in [1.54, 1.807) is 0 Å². The van der Waals surface area contributed by atoms with Gasteiger partial charge in [0.05, 0.1) is 0 Å². The first-order valence-electron chi connectivity index (χ1n) is 1.59. The van der Waals surface area contributed by atoms with E-state index in [0.717, 1.165) is 6.92 Å². The molecule has 19 heavy (non-hydrogen) atoms. The van der Waals surface area contributed by atoms with Crippen molar-refractivity contribution in [2.75, 3.05) is 0 Å². The van der Waals surface area contributed by atoms with Gasteiger partial charge in [0.1, 0.15) is 0 Å². The van der Waals surface area contributed by atoms with E-state index >= 15 is 0 Å². The van der Waals surface area contributed by atoms with Crippen molar-refractivity contribution in [2.24, 2.45) is 0 Å². The number of hydrogen-bond acceptors (Lipinski definition) is 4. The summed E-state index contributed by atoms with van der Waals surface area (Å²) in [5, 5.41) is 0. The van der Waals surface area contributed by atoms with Crippen molar-refractivity contribution in [3.8, 4) is 0 Å². The van der Waals surface area contributed by atoms with Gasteiger partial charge >= 0.3 is 127 Å². The molecule has 0 spiro atoms. The average Bonchev–Trinajstić information content (AvgIpc) is 1.21. The molecule has 0 aromatic rings. The number of rotatable bonds is 1. The first-order valence-corrected chi connectivity index (χ1v) is 2.96. The van der Waals surface area contributed by atoms with Crippen LogP contribution in [0.25, 0.3) is 0 Å². The Morgan fingerprint density at radius 3 is 1.11 bits per heavy atom. The zero-order valence-corrected chi connectivity index (χ0v) is 19.6. The van der Waals surface area contributed by atoms with E-state index in [1.165, 1.54) is 0 Å². The second-order valence-electron chi connectivity index (χ2n) is 1.00. The topological polar surface area (TPSA) is 301 Å². The van der Waals surface area contributed by atoms with Crippen molar-refractivity contribution in [1.29, 1.82) is 0 Å². The minimum absolute atomic E-state index is 0. The summed E-state index contributed by atoms with van der Waals surface area (Å²) >= 11 is 0. The van der Waals surface area contributed by atoms with Crippen LogP contribution in [0.5, 0.6) is 0 Å². The molecule has 0 aromatic heterocycles. The van der Waals surface area contributed by atoms with Crippen LogP contribution in [0.3, 0.4) is 0 Å². The second kappa shape index (κ2) is 49.7. The van der Waals surface area contributed by atoms with E-state index in [-0.39, 0.29) is 164 Å². The van der Waals surface area contributed by atoms with Crippen LogP contribution in [0.15, 0.2) is 0 Å². The Morgan fingerprint density at radius 1 is 0.947 bits per heavy atom. The zero-order chi connectivity index (χ0) is 6.78. The third-order valence-electron chi connectivity index (χ3n) is 0.223. The summed E-state index contributed by atoms with van der Waals surface area (Å²) in [5.41, 5.74) is 0. The van der Waals surface area contributed by atoms with Gasteiger partial charge in [0.15, 0.2) is 0 Å². The van der Waals surface area contributed by atoms with Gasteiger partial charge < -0.3 is 57.8 Å². The normalized spacial score (nSPS) is 4.53. The quantitative estimate of drug-likeness (QED) is 0.336. The minimum atomic E-state index is -4.57. The van der Waals surface area contributed by atoms with Crippen LogP contribution >= 0.6 is 0 Å². The molecule has 0 aliphatic rings. The summed E-state index contributed by atoms with van der Waals surface area (Å²) in [5.74, 6) is -1.06. The van der Waals surface area contributed by atoms with E-state index < -0.39 is 16.4 Å². The molecular weight excluding hydrogens is 369 g/mol. The van der Waals surface area contributed by atoms with Crippen LogP contribution in [0.2, 0.25) is 0 Å². The molecule has 15 N–H and O–H groups in total. The predicted octanol–water partition coefficient (Wildman–Crippen LogP) is -18.2. The molecule has 0 fully saturated rings. The molecule has 0 atom stereocenters. The van der Waals surface area contributed by atoms with Crippen LogP contribution in [-0.2, 0) is 19.4 Å². The molecular formula is C2H20ClKNa2O12S. The van der Waals surface area contributed by atoms with E-state index in [1.807, 2.05) is 0 Å². The van der Waals surface area contributed by atoms with Crippen molar-refractivity contribution < 1.29 is 186 Å². The summed E-state index contributed by atoms with van der Waals surface area (Å²) in [4.78, 5) is 9.70. The molecule has 17 heteroatoms. The van der Waals surface area contributed by atoms with Gasteiger partial charge in [-0.05, 0) is 0 Å². The van der Waals surface area contributed by atoms with Gasteiger partial charge in [-0.3, -0.25) is 9.35 Å². The third kappa shape index (κ3) is 118. The predicted molar refractivity (Wildman–Crippen MR) is 50.8 cm³/mol. The van der Waals surface area contributed by atoms with Gasteiger partial charge in [-0.25, -0.2) is 0 Å². The minimum Gasteiger partial charge on any atom is -1.00 e. The molecule has 116 valence electrons. The van der Waals surface area contributed by atoms with E-state index in [0.29, 0.717) is 0 Å². The van der Waals surface area contributed by atoms with Crippen LogP contribution in [0.4, 0.5) is 0 Å². The van der Waals surface area contributed by atoms with Crippen molar-refractivity contribution in [3.63, 3.8) is 0 Å². The molecule has 0 amide bonds. The van der Waals surface area contributed by atoms with Crippen LogP contribution in [0, 0.1) is 0 Å². The maximum Gasteiger partial charge on any atom is 1.00 e. The first kappa shape index (κ1) is 96.9. The summed E-state index contributed by atoms with van der Waals surface area (Å²) in [6, 6.07) is 0. The van der Waals surface area contributed by atoms with Gasteiger partial charge in [0, 0.05) is 6.92 Å². The fraction of sp³-hybridized carbons (Fsp3) is 0.500.